The van der Waals surface area contributed by atoms with Crippen LogP contribution in [-0.4, -0.2) is 22.3 Å². The maximum absolute atomic E-state index is 12.6. The summed E-state index contributed by atoms with van der Waals surface area (Å²) in [6, 6.07) is 9.70. The first kappa shape index (κ1) is 15.9. The molecule has 0 saturated carbocycles. The highest BCUT2D eigenvalue weighted by Gasteiger charge is 2.30. The van der Waals surface area contributed by atoms with Gasteiger partial charge in [-0.3, -0.25) is 5.10 Å². The van der Waals surface area contributed by atoms with Crippen LogP contribution >= 0.6 is 0 Å². The van der Waals surface area contributed by atoms with Crippen LogP contribution in [0, 0.1) is 0 Å². The molecule has 0 aliphatic heterocycles. The molecule has 0 unspecified atom stereocenters. The normalized spacial score (nSPS) is 11.5. The first-order chi connectivity index (χ1) is 11.4. The number of aromatic amines is 1. The lowest BCUT2D eigenvalue weighted by molar-refractivity contribution is -0.137. The summed E-state index contributed by atoms with van der Waals surface area (Å²) in [5.74, 6) is 1.25. The Morgan fingerprint density at radius 1 is 1.08 bits per heavy atom. The number of anilines is 1. The zero-order valence-corrected chi connectivity index (χ0v) is 12.6. The number of H-pyrrole nitrogens is 1. The number of ether oxygens (including phenoxy) is 1. The standard InChI is InChI=1S/C16H13F3N4O/c1-24-13-7-6-11(20)8-12(13)15-21-14(22-23-15)9-2-4-10(5-3-9)16(17,18)19/h2-8H,20H2,1H3,(H,21,22,23). The lowest BCUT2D eigenvalue weighted by atomic mass is 10.1. The van der Waals surface area contributed by atoms with E-state index in [1.165, 1.54) is 19.2 Å². The molecule has 3 rings (SSSR count). The molecule has 0 aliphatic carbocycles. The molecule has 0 aliphatic rings. The lowest BCUT2D eigenvalue weighted by Gasteiger charge is -2.06. The summed E-state index contributed by atoms with van der Waals surface area (Å²) >= 11 is 0. The van der Waals surface area contributed by atoms with Gasteiger partial charge in [0.05, 0.1) is 18.2 Å². The van der Waals surface area contributed by atoms with Crippen molar-refractivity contribution in [2.75, 3.05) is 12.8 Å². The van der Waals surface area contributed by atoms with E-state index in [4.69, 9.17) is 10.5 Å². The van der Waals surface area contributed by atoms with Gasteiger partial charge < -0.3 is 10.5 Å². The number of aromatic nitrogens is 3. The van der Waals surface area contributed by atoms with Crippen molar-refractivity contribution in [2.45, 2.75) is 6.18 Å². The summed E-state index contributed by atoms with van der Waals surface area (Å²) in [6.07, 6.45) is -4.38. The number of hydrogen-bond donors (Lipinski definition) is 2. The van der Waals surface area contributed by atoms with Gasteiger partial charge in [0, 0.05) is 11.3 Å². The first-order valence-electron chi connectivity index (χ1n) is 6.92. The highest BCUT2D eigenvalue weighted by Crippen LogP contribution is 2.32. The van der Waals surface area contributed by atoms with Crippen LogP contribution in [0.5, 0.6) is 5.75 Å². The molecule has 2 aromatic carbocycles. The summed E-state index contributed by atoms with van der Waals surface area (Å²) in [4.78, 5) is 4.31. The maximum atomic E-state index is 12.6. The van der Waals surface area contributed by atoms with Gasteiger partial charge in [0.15, 0.2) is 11.6 Å². The Balaban J connectivity index is 1.95. The number of halogens is 3. The zero-order valence-electron chi connectivity index (χ0n) is 12.6. The third-order valence-corrected chi connectivity index (χ3v) is 3.43. The minimum Gasteiger partial charge on any atom is -0.496 e. The minimum absolute atomic E-state index is 0.281. The topological polar surface area (TPSA) is 76.8 Å². The summed E-state index contributed by atoms with van der Waals surface area (Å²) in [5, 5.41) is 6.79. The molecule has 8 heteroatoms. The Bertz CT molecular complexity index is 857. The molecule has 3 aromatic rings. The molecule has 0 spiro atoms. The summed E-state index contributed by atoms with van der Waals surface area (Å²) in [6.45, 7) is 0. The average molecular weight is 334 g/mol. The number of nitrogens with two attached hydrogens (primary N) is 1. The fourth-order valence-corrected chi connectivity index (χ4v) is 2.23. The lowest BCUT2D eigenvalue weighted by Crippen LogP contribution is -2.04. The number of methoxy groups -OCH3 is 1. The van der Waals surface area contributed by atoms with Crippen molar-refractivity contribution >= 4 is 5.69 Å². The second-order valence-electron chi connectivity index (χ2n) is 5.04. The molecule has 1 heterocycles. The van der Waals surface area contributed by atoms with Gasteiger partial charge in [-0.05, 0) is 30.3 Å². The van der Waals surface area contributed by atoms with E-state index in [1.54, 1.807) is 18.2 Å². The molecule has 0 amide bonds. The number of benzene rings is 2. The van der Waals surface area contributed by atoms with Crippen LogP contribution in [0.3, 0.4) is 0 Å². The van der Waals surface area contributed by atoms with E-state index < -0.39 is 11.7 Å². The van der Waals surface area contributed by atoms with Crippen LogP contribution in [0.1, 0.15) is 5.56 Å². The quantitative estimate of drug-likeness (QED) is 0.715. The summed E-state index contributed by atoms with van der Waals surface area (Å²) in [5.41, 5.74) is 6.65. The SMILES string of the molecule is COc1ccc(N)cc1-c1nc(-c2ccc(C(F)(F)F)cc2)n[nH]1. The molecule has 24 heavy (non-hydrogen) atoms. The van der Waals surface area contributed by atoms with E-state index in [1.807, 2.05) is 0 Å². The number of nitrogens with zero attached hydrogens (tertiary/aromatic N) is 2. The van der Waals surface area contributed by atoms with Crippen molar-refractivity contribution in [3.05, 3.63) is 48.0 Å². The van der Waals surface area contributed by atoms with E-state index in [-0.39, 0.29) is 5.82 Å². The predicted molar refractivity (Wildman–Crippen MR) is 83.2 cm³/mol. The number of nitrogens with one attached hydrogen (secondary N) is 1. The molecule has 3 N–H and O–H groups in total. The Morgan fingerprint density at radius 2 is 1.79 bits per heavy atom. The Kier molecular flexibility index (Phi) is 3.88. The van der Waals surface area contributed by atoms with Gasteiger partial charge >= 0.3 is 6.18 Å². The smallest absolute Gasteiger partial charge is 0.416 e. The van der Waals surface area contributed by atoms with Crippen molar-refractivity contribution in [1.29, 1.82) is 0 Å². The number of hydrogen-bond acceptors (Lipinski definition) is 4. The van der Waals surface area contributed by atoms with Crippen molar-refractivity contribution < 1.29 is 17.9 Å². The molecule has 0 radical (unpaired) electrons. The van der Waals surface area contributed by atoms with Crippen LogP contribution in [0.15, 0.2) is 42.5 Å². The minimum atomic E-state index is -4.38. The average Bonchev–Trinajstić information content (AvgIpc) is 3.04. The van der Waals surface area contributed by atoms with E-state index in [0.29, 0.717) is 28.4 Å². The van der Waals surface area contributed by atoms with E-state index in [0.717, 1.165) is 12.1 Å². The molecule has 5 nitrogen and oxygen atoms in total. The molecular formula is C16H13F3N4O. The van der Waals surface area contributed by atoms with Crippen LogP contribution in [0.4, 0.5) is 18.9 Å². The maximum Gasteiger partial charge on any atom is 0.416 e. The fraction of sp³-hybridized carbons (Fsp3) is 0.125. The Labute approximate surface area is 135 Å². The van der Waals surface area contributed by atoms with Crippen molar-refractivity contribution in [2.24, 2.45) is 0 Å². The monoisotopic (exact) mass is 334 g/mol. The third kappa shape index (κ3) is 3.03. The highest BCUT2D eigenvalue weighted by molar-refractivity contribution is 5.70. The second kappa shape index (κ2) is 5.88. The fourth-order valence-electron chi connectivity index (χ4n) is 2.23. The van der Waals surface area contributed by atoms with Gasteiger partial charge in [0.25, 0.3) is 0 Å². The van der Waals surface area contributed by atoms with Crippen LogP contribution < -0.4 is 10.5 Å². The van der Waals surface area contributed by atoms with Crippen LogP contribution in [0.25, 0.3) is 22.8 Å². The van der Waals surface area contributed by atoms with Gasteiger partial charge in [-0.1, -0.05) is 12.1 Å². The third-order valence-electron chi connectivity index (χ3n) is 3.43. The van der Waals surface area contributed by atoms with Crippen molar-refractivity contribution in [1.82, 2.24) is 15.2 Å². The summed E-state index contributed by atoms with van der Waals surface area (Å²) in [7, 11) is 1.52. The van der Waals surface area contributed by atoms with Crippen molar-refractivity contribution in [3.63, 3.8) is 0 Å². The van der Waals surface area contributed by atoms with Gasteiger partial charge in [-0.25, -0.2) is 4.98 Å². The van der Waals surface area contributed by atoms with Gasteiger partial charge in [0.2, 0.25) is 0 Å². The number of alkyl halides is 3. The Hall–Kier alpha value is -3.03. The molecular weight excluding hydrogens is 321 g/mol. The van der Waals surface area contributed by atoms with Crippen molar-refractivity contribution in [3.8, 4) is 28.5 Å². The number of rotatable bonds is 3. The van der Waals surface area contributed by atoms with Crippen LogP contribution in [-0.2, 0) is 6.18 Å². The van der Waals surface area contributed by atoms with Gasteiger partial charge in [0.1, 0.15) is 5.75 Å². The molecule has 0 saturated heterocycles. The Morgan fingerprint density at radius 3 is 2.42 bits per heavy atom. The zero-order chi connectivity index (χ0) is 17.3. The number of nitrogen functional groups attached to an aromatic ring is 1. The molecule has 0 fully saturated rings. The molecule has 124 valence electrons. The van der Waals surface area contributed by atoms with Gasteiger partial charge in [-0.2, -0.15) is 18.3 Å². The highest BCUT2D eigenvalue weighted by atomic mass is 19.4. The van der Waals surface area contributed by atoms with E-state index in [9.17, 15) is 13.2 Å². The predicted octanol–water partition coefficient (Wildman–Crippen LogP) is 3.75. The van der Waals surface area contributed by atoms with E-state index >= 15 is 0 Å². The summed E-state index contributed by atoms with van der Waals surface area (Å²) < 4.78 is 43.1. The van der Waals surface area contributed by atoms with Gasteiger partial charge in [-0.15, -0.1) is 0 Å². The van der Waals surface area contributed by atoms with E-state index in [2.05, 4.69) is 15.2 Å². The molecule has 0 atom stereocenters. The van der Waals surface area contributed by atoms with Crippen LogP contribution in [0.2, 0.25) is 0 Å². The largest absolute Gasteiger partial charge is 0.496 e. The first-order valence-corrected chi connectivity index (χ1v) is 6.92. The molecule has 0 bridgehead atoms. The second-order valence-corrected chi connectivity index (χ2v) is 5.04. The molecule has 1 aromatic heterocycles.